The summed E-state index contributed by atoms with van der Waals surface area (Å²) in [6, 6.07) is 4.15. The van der Waals surface area contributed by atoms with Crippen molar-refractivity contribution in [1.29, 1.82) is 0 Å². The molecule has 3 saturated heterocycles. The maximum absolute atomic E-state index is 12.9. The van der Waals surface area contributed by atoms with Crippen molar-refractivity contribution in [3.8, 4) is 5.75 Å². The third kappa shape index (κ3) is 5.98. The van der Waals surface area contributed by atoms with Gasteiger partial charge in [0, 0.05) is 36.3 Å². The number of carbonyl (C=O) groups excluding carboxylic acids is 1. The second-order valence-electron chi connectivity index (χ2n) is 7.80. The molecule has 0 aromatic heterocycles. The van der Waals surface area contributed by atoms with Gasteiger partial charge in [-0.3, -0.25) is 4.79 Å². The van der Waals surface area contributed by atoms with Gasteiger partial charge in [0.1, 0.15) is 6.61 Å². The first-order chi connectivity index (χ1) is 14.7. The van der Waals surface area contributed by atoms with Crippen LogP contribution in [0.1, 0.15) is 23.2 Å². The number of benzene rings is 1. The standard InChI is InChI=1S/C17H22BrN3O2.C4H4O4/c1-20-6-7-23-16-13(8-12(18)9-15(16)20)17(22)19-14-10-21-4-2-11(14)3-5-21;5-3(6)1-2-4(7)8/h8-9,11,14H,2-7,10H2,1H3,(H,19,22);1-2H,(H,5,6)(H,7,8)/b;2-1+. The number of nitrogens with zero attached hydrogens (tertiary/aromatic N) is 2. The molecule has 4 aliphatic rings. The van der Waals surface area contributed by atoms with E-state index in [0.717, 1.165) is 23.2 Å². The Morgan fingerprint density at radius 2 is 1.77 bits per heavy atom. The van der Waals surface area contributed by atoms with Crippen molar-refractivity contribution in [2.45, 2.75) is 18.9 Å². The van der Waals surface area contributed by atoms with Crippen molar-refractivity contribution in [3.05, 3.63) is 34.3 Å². The summed E-state index contributed by atoms with van der Waals surface area (Å²) < 4.78 is 6.73. The molecule has 3 fully saturated rings. The molecule has 3 N–H and O–H groups in total. The fraction of sp³-hybridized carbons (Fsp3) is 0.476. The number of carboxylic acids is 2. The number of rotatable bonds is 4. The number of amides is 1. The quantitative estimate of drug-likeness (QED) is 0.541. The Bertz CT molecular complexity index is 866. The maximum atomic E-state index is 12.9. The minimum absolute atomic E-state index is 0.0170. The molecule has 10 heteroatoms. The summed E-state index contributed by atoms with van der Waals surface area (Å²) in [5.74, 6) is -1.20. The Balaban J connectivity index is 0.000000293. The van der Waals surface area contributed by atoms with Crippen molar-refractivity contribution in [2.75, 3.05) is 44.7 Å². The van der Waals surface area contributed by atoms with Crippen LogP contribution in [-0.4, -0.2) is 78.8 Å². The van der Waals surface area contributed by atoms with Crippen molar-refractivity contribution in [3.63, 3.8) is 0 Å². The first-order valence-electron chi connectivity index (χ1n) is 10.1. The van der Waals surface area contributed by atoms with Gasteiger partial charge in [0.25, 0.3) is 5.91 Å². The molecule has 5 rings (SSSR count). The molecular formula is C21H26BrN3O6. The Hall–Kier alpha value is -2.59. The van der Waals surface area contributed by atoms with Gasteiger partial charge in [0.2, 0.25) is 0 Å². The number of carboxylic acid groups (broad SMARTS) is 2. The van der Waals surface area contributed by atoms with E-state index in [1.54, 1.807) is 0 Å². The number of hydrogen-bond donors (Lipinski definition) is 3. The van der Waals surface area contributed by atoms with Gasteiger partial charge in [0.15, 0.2) is 5.75 Å². The molecule has 2 bridgehead atoms. The van der Waals surface area contributed by atoms with E-state index < -0.39 is 11.9 Å². The highest BCUT2D eigenvalue weighted by Crippen LogP contribution is 2.37. The molecule has 31 heavy (non-hydrogen) atoms. The smallest absolute Gasteiger partial charge is 0.328 e. The van der Waals surface area contributed by atoms with Gasteiger partial charge in [-0.2, -0.15) is 0 Å². The number of piperidine rings is 3. The summed E-state index contributed by atoms with van der Waals surface area (Å²) in [6.07, 6.45) is 3.51. The average molecular weight is 496 g/mol. The van der Waals surface area contributed by atoms with Crippen molar-refractivity contribution in [2.24, 2.45) is 5.92 Å². The largest absolute Gasteiger partial charge is 0.489 e. The molecule has 1 aromatic rings. The first-order valence-corrected chi connectivity index (χ1v) is 10.9. The molecule has 1 unspecified atom stereocenters. The van der Waals surface area contributed by atoms with Crippen LogP contribution in [0.5, 0.6) is 5.75 Å². The van der Waals surface area contributed by atoms with Gasteiger partial charge in [-0.15, -0.1) is 0 Å². The number of hydrogen-bond acceptors (Lipinski definition) is 6. The molecule has 9 nitrogen and oxygen atoms in total. The van der Waals surface area contributed by atoms with Crippen LogP contribution in [0, 0.1) is 5.92 Å². The molecule has 1 amide bonds. The van der Waals surface area contributed by atoms with E-state index in [2.05, 4.69) is 31.0 Å². The zero-order valence-corrected chi connectivity index (χ0v) is 18.8. The molecule has 1 atom stereocenters. The van der Waals surface area contributed by atoms with Gasteiger partial charge < -0.3 is 30.1 Å². The number of halogens is 1. The Morgan fingerprint density at radius 3 is 2.32 bits per heavy atom. The zero-order chi connectivity index (χ0) is 22.5. The number of aliphatic carboxylic acids is 2. The van der Waals surface area contributed by atoms with Crippen LogP contribution in [0.15, 0.2) is 28.8 Å². The van der Waals surface area contributed by atoms with Crippen LogP contribution in [-0.2, 0) is 9.59 Å². The van der Waals surface area contributed by atoms with E-state index in [9.17, 15) is 14.4 Å². The number of ether oxygens (including phenoxy) is 1. The molecule has 4 heterocycles. The lowest BCUT2D eigenvalue weighted by atomic mass is 9.84. The van der Waals surface area contributed by atoms with Crippen LogP contribution in [0.2, 0.25) is 0 Å². The van der Waals surface area contributed by atoms with Crippen molar-refractivity contribution in [1.82, 2.24) is 10.2 Å². The lowest BCUT2D eigenvalue weighted by molar-refractivity contribution is -0.134. The summed E-state index contributed by atoms with van der Waals surface area (Å²) in [6.45, 7) is 4.79. The van der Waals surface area contributed by atoms with E-state index >= 15 is 0 Å². The van der Waals surface area contributed by atoms with Gasteiger partial charge in [-0.25, -0.2) is 9.59 Å². The van der Waals surface area contributed by atoms with E-state index in [-0.39, 0.29) is 11.9 Å². The highest BCUT2D eigenvalue weighted by molar-refractivity contribution is 9.10. The molecule has 0 aliphatic carbocycles. The monoisotopic (exact) mass is 495 g/mol. The van der Waals surface area contributed by atoms with Crippen LogP contribution in [0.3, 0.4) is 0 Å². The normalized spacial score (nSPS) is 23.9. The van der Waals surface area contributed by atoms with Crippen LogP contribution >= 0.6 is 15.9 Å². The first kappa shape index (κ1) is 23.1. The van der Waals surface area contributed by atoms with Gasteiger partial charge in [0.05, 0.1) is 17.8 Å². The molecular weight excluding hydrogens is 470 g/mol. The summed E-state index contributed by atoms with van der Waals surface area (Å²) in [4.78, 5) is 36.6. The number of nitrogens with one attached hydrogen (secondary N) is 1. The van der Waals surface area contributed by atoms with E-state index in [1.807, 2.05) is 19.2 Å². The third-order valence-electron chi connectivity index (χ3n) is 5.70. The zero-order valence-electron chi connectivity index (χ0n) is 17.2. The van der Waals surface area contributed by atoms with Crippen LogP contribution in [0.4, 0.5) is 5.69 Å². The van der Waals surface area contributed by atoms with Gasteiger partial charge >= 0.3 is 11.9 Å². The number of fused-ring (bicyclic) bond motifs is 4. The number of likely N-dealkylation sites (N-methyl/N-ethyl adjacent to an activating group) is 1. The van der Waals surface area contributed by atoms with Crippen molar-refractivity contribution >= 4 is 39.5 Å². The van der Waals surface area contributed by atoms with E-state index in [1.165, 1.54) is 25.9 Å². The predicted octanol–water partition coefficient (Wildman–Crippen LogP) is 1.81. The van der Waals surface area contributed by atoms with E-state index in [4.69, 9.17) is 14.9 Å². The van der Waals surface area contributed by atoms with Crippen molar-refractivity contribution < 1.29 is 29.3 Å². The molecule has 0 saturated carbocycles. The van der Waals surface area contributed by atoms with Crippen LogP contribution in [0.25, 0.3) is 0 Å². The topological polar surface area (TPSA) is 119 Å². The minimum atomic E-state index is -1.26. The molecule has 1 aromatic carbocycles. The highest BCUT2D eigenvalue weighted by Gasteiger charge is 2.35. The fourth-order valence-electron chi connectivity index (χ4n) is 4.11. The van der Waals surface area contributed by atoms with Crippen LogP contribution < -0.4 is 15.0 Å². The summed E-state index contributed by atoms with van der Waals surface area (Å²) >= 11 is 3.52. The summed E-state index contributed by atoms with van der Waals surface area (Å²) in [5.41, 5.74) is 1.61. The highest BCUT2D eigenvalue weighted by atomic mass is 79.9. The van der Waals surface area contributed by atoms with Gasteiger partial charge in [-0.05, 0) is 44.0 Å². The molecule has 0 radical (unpaired) electrons. The Kier molecular flexibility index (Phi) is 7.55. The lowest BCUT2D eigenvalue weighted by Gasteiger charge is -2.45. The predicted molar refractivity (Wildman–Crippen MR) is 118 cm³/mol. The average Bonchev–Trinajstić information content (AvgIpc) is 2.74. The Morgan fingerprint density at radius 1 is 1.13 bits per heavy atom. The third-order valence-corrected chi connectivity index (χ3v) is 6.16. The number of carbonyl (C=O) groups is 3. The Labute approximate surface area is 188 Å². The molecule has 0 spiro atoms. The summed E-state index contributed by atoms with van der Waals surface area (Å²) in [7, 11) is 2.03. The fourth-order valence-corrected chi connectivity index (χ4v) is 4.55. The SMILES string of the molecule is CN1CCOc2c(C(=O)NC3CN4CCC3CC4)cc(Br)cc21.O=C(O)/C=C/C(=O)O. The number of anilines is 1. The lowest BCUT2D eigenvalue weighted by Crippen LogP contribution is -2.57. The molecule has 168 valence electrons. The maximum Gasteiger partial charge on any atom is 0.328 e. The van der Waals surface area contributed by atoms with E-state index in [0.29, 0.717) is 36.0 Å². The minimum Gasteiger partial charge on any atom is -0.489 e. The second kappa shape index (κ2) is 10.1. The summed E-state index contributed by atoms with van der Waals surface area (Å²) in [5, 5.41) is 18.9. The molecule has 4 aliphatic heterocycles. The van der Waals surface area contributed by atoms with Gasteiger partial charge in [-0.1, -0.05) is 15.9 Å². The second-order valence-corrected chi connectivity index (χ2v) is 8.72.